The second kappa shape index (κ2) is 12.2. The van der Waals surface area contributed by atoms with E-state index in [4.69, 9.17) is 19.0 Å². The molecule has 0 aromatic rings. The van der Waals surface area contributed by atoms with Gasteiger partial charge in [0.1, 0.15) is 0 Å². The Labute approximate surface area is 147 Å². The molecule has 23 heavy (non-hydrogen) atoms. The van der Waals surface area contributed by atoms with Crippen LogP contribution in [-0.2, 0) is 35.4 Å². The minimum absolute atomic E-state index is 0.583. The summed E-state index contributed by atoms with van der Waals surface area (Å²) in [5, 5.41) is 24.8. The second-order valence-electron chi connectivity index (χ2n) is 7.67. The normalized spacial score (nSPS) is 10.4. The Balaban J connectivity index is -0.000000111. The van der Waals surface area contributed by atoms with Crippen molar-refractivity contribution in [3.8, 4) is 0 Å². The van der Waals surface area contributed by atoms with Gasteiger partial charge >= 0.3 is 39.0 Å². The predicted molar refractivity (Wildman–Crippen MR) is 82.0 cm³/mol. The molecule has 0 aromatic carbocycles. The molecule has 0 aromatic heterocycles. The summed E-state index contributed by atoms with van der Waals surface area (Å²) in [7, 11) is 0. The van der Waals surface area contributed by atoms with Gasteiger partial charge in [-0.15, -0.1) is 0 Å². The maximum atomic E-state index is 10.0. The Morgan fingerprint density at radius 1 is 0.522 bits per heavy atom. The number of carboxylic acids is 3. The van der Waals surface area contributed by atoms with Gasteiger partial charge in [-0.3, -0.25) is 14.4 Å². The number of carboxylic acid groups (broad SMARTS) is 3. The van der Waals surface area contributed by atoms with Gasteiger partial charge in [-0.25, -0.2) is 0 Å². The van der Waals surface area contributed by atoms with Crippen molar-refractivity contribution in [3.63, 3.8) is 0 Å². The number of hydrogen-bond donors (Lipinski definition) is 3. The molecule has 0 amide bonds. The van der Waals surface area contributed by atoms with Crippen molar-refractivity contribution in [3.05, 3.63) is 0 Å². The van der Waals surface area contributed by atoms with E-state index in [9.17, 15) is 14.4 Å². The van der Waals surface area contributed by atoms with Crippen LogP contribution in [0.4, 0.5) is 0 Å². The molecule has 8 heteroatoms. The summed E-state index contributed by atoms with van der Waals surface area (Å²) in [6.45, 7) is 15.0. The molecule has 0 aliphatic rings. The second-order valence-corrected chi connectivity index (χ2v) is 7.67. The molecule has 137 valence electrons. The van der Waals surface area contributed by atoms with Crippen molar-refractivity contribution in [2.24, 2.45) is 16.2 Å². The molecule has 0 atom stereocenters. The van der Waals surface area contributed by atoms with Crippen molar-refractivity contribution in [1.82, 2.24) is 0 Å². The van der Waals surface area contributed by atoms with Gasteiger partial charge in [0.2, 0.25) is 0 Å². The Bertz CT molecular complexity index is 314. The molecule has 0 spiro atoms. The Kier molecular flexibility index (Phi) is 15.8. The van der Waals surface area contributed by atoms with Gasteiger partial charge < -0.3 is 15.3 Å². The number of aliphatic carboxylic acids is 3. The van der Waals surface area contributed by atoms with E-state index in [2.05, 4.69) is 0 Å². The first kappa shape index (κ1) is 29.8. The van der Waals surface area contributed by atoms with E-state index in [0.717, 1.165) is 17.4 Å². The molecule has 7 nitrogen and oxygen atoms in total. The van der Waals surface area contributed by atoms with Crippen LogP contribution in [0.3, 0.4) is 0 Å². The molecular formula is C15H30O7V. The maximum absolute atomic E-state index is 10.0. The summed E-state index contributed by atoms with van der Waals surface area (Å²) < 4.78 is 8.19. The van der Waals surface area contributed by atoms with E-state index in [1.807, 2.05) is 0 Å². The quantitative estimate of drug-likeness (QED) is 0.594. The molecule has 0 saturated heterocycles. The van der Waals surface area contributed by atoms with E-state index in [-0.39, 0.29) is 0 Å². The monoisotopic (exact) mass is 373 g/mol. The molecule has 0 saturated carbocycles. The SMILES string of the molecule is CC(C)(C)C(=O)O.CC(C)(C)C(=O)O.CC(C)(C)C(=O)O.[O]=[V]. The summed E-state index contributed by atoms with van der Waals surface area (Å²) in [5.41, 5.74) is -1.75. The predicted octanol–water partition coefficient (Wildman–Crippen LogP) is 3.23. The van der Waals surface area contributed by atoms with Crippen LogP contribution in [0.15, 0.2) is 0 Å². The van der Waals surface area contributed by atoms with E-state index < -0.39 is 34.2 Å². The molecule has 0 bridgehead atoms. The van der Waals surface area contributed by atoms with Gasteiger partial charge in [0.05, 0.1) is 16.2 Å². The van der Waals surface area contributed by atoms with Crippen molar-refractivity contribution in [1.29, 1.82) is 0 Å². The van der Waals surface area contributed by atoms with E-state index in [0.29, 0.717) is 0 Å². The van der Waals surface area contributed by atoms with Gasteiger partial charge in [-0.05, 0) is 62.3 Å². The molecule has 0 unspecified atom stereocenters. The van der Waals surface area contributed by atoms with Gasteiger partial charge in [0, 0.05) is 0 Å². The van der Waals surface area contributed by atoms with Crippen molar-refractivity contribution in [2.45, 2.75) is 62.3 Å². The van der Waals surface area contributed by atoms with Crippen molar-refractivity contribution < 1.29 is 50.7 Å². The van der Waals surface area contributed by atoms with E-state index in [1.54, 1.807) is 62.3 Å². The third-order valence-corrected chi connectivity index (χ3v) is 1.92. The van der Waals surface area contributed by atoms with Crippen LogP contribution in [0.25, 0.3) is 0 Å². The van der Waals surface area contributed by atoms with E-state index >= 15 is 0 Å². The zero-order valence-corrected chi connectivity index (χ0v) is 16.8. The van der Waals surface area contributed by atoms with Crippen LogP contribution in [-0.4, -0.2) is 33.2 Å². The molecule has 0 aliphatic carbocycles. The average molecular weight is 373 g/mol. The first-order valence-electron chi connectivity index (χ1n) is 6.72. The van der Waals surface area contributed by atoms with Crippen LogP contribution in [0, 0.1) is 16.2 Å². The Morgan fingerprint density at radius 2 is 0.565 bits per heavy atom. The molecule has 0 fully saturated rings. The number of hydrogen-bond acceptors (Lipinski definition) is 4. The zero-order valence-electron chi connectivity index (χ0n) is 15.4. The first-order valence-corrected chi connectivity index (χ1v) is 7.29. The summed E-state index contributed by atoms with van der Waals surface area (Å²) in [4.78, 5) is 30.1. The molecule has 0 radical (unpaired) electrons. The summed E-state index contributed by atoms with van der Waals surface area (Å²) in [6, 6.07) is 0. The van der Waals surface area contributed by atoms with Crippen LogP contribution >= 0.6 is 0 Å². The van der Waals surface area contributed by atoms with Crippen LogP contribution in [0.1, 0.15) is 62.3 Å². The van der Waals surface area contributed by atoms with E-state index in [1.165, 1.54) is 0 Å². The third-order valence-electron chi connectivity index (χ3n) is 1.92. The summed E-state index contributed by atoms with van der Waals surface area (Å²) in [5.74, 6) is -2.27. The summed E-state index contributed by atoms with van der Waals surface area (Å²) in [6.07, 6.45) is 0. The van der Waals surface area contributed by atoms with Gasteiger partial charge in [0.25, 0.3) is 0 Å². The Morgan fingerprint density at radius 3 is 0.565 bits per heavy atom. The fourth-order valence-electron chi connectivity index (χ4n) is 0. The van der Waals surface area contributed by atoms with Crippen molar-refractivity contribution in [2.75, 3.05) is 0 Å². The molecule has 3 N–H and O–H groups in total. The van der Waals surface area contributed by atoms with Crippen LogP contribution < -0.4 is 0 Å². The molecule has 0 heterocycles. The fraction of sp³-hybridized carbons (Fsp3) is 0.800. The topological polar surface area (TPSA) is 129 Å². The standard InChI is InChI=1S/3C5H10O2.O.V/c3*1-5(2,3)4(6)7;;/h3*1-3H3,(H,6,7);;. The molecule has 0 rings (SSSR count). The van der Waals surface area contributed by atoms with Gasteiger partial charge in [0.15, 0.2) is 0 Å². The van der Waals surface area contributed by atoms with Gasteiger partial charge in [-0.1, -0.05) is 0 Å². The fourth-order valence-corrected chi connectivity index (χ4v) is 0. The zero-order chi connectivity index (χ0) is 20.2. The molecule has 0 aliphatic heterocycles. The molecular weight excluding hydrogens is 343 g/mol. The van der Waals surface area contributed by atoms with Crippen LogP contribution in [0.2, 0.25) is 0 Å². The number of carbonyl (C=O) groups is 3. The first-order chi connectivity index (χ1) is 9.83. The van der Waals surface area contributed by atoms with Crippen molar-refractivity contribution >= 4 is 17.9 Å². The van der Waals surface area contributed by atoms with Gasteiger partial charge in [-0.2, -0.15) is 0 Å². The summed E-state index contributed by atoms with van der Waals surface area (Å²) >= 11 is 1.06. The minimum atomic E-state index is -0.757. The average Bonchev–Trinajstić information content (AvgIpc) is 2.29. The third kappa shape index (κ3) is 26.0. The Hall–Kier alpha value is -1.21. The number of rotatable bonds is 0. The van der Waals surface area contributed by atoms with Crippen LogP contribution in [0.5, 0.6) is 0 Å².